The normalized spacial score (nSPS) is 14.0. The highest BCUT2D eigenvalue weighted by Gasteiger charge is 2.19. The molecule has 2 N–H and O–H groups in total. The molecule has 2 aromatic carbocycles. The summed E-state index contributed by atoms with van der Waals surface area (Å²) in [6.07, 6.45) is 4.50. The van der Waals surface area contributed by atoms with Crippen LogP contribution < -0.4 is 10.6 Å². The zero-order valence-electron chi connectivity index (χ0n) is 15.0. The number of anilines is 1. The minimum Gasteiger partial charge on any atom is -0.341 e. The second-order valence-electron chi connectivity index (χ2n) is 6.69. The summed E-state index contributed by atoms with van der Waals surface area (Å²) >= 11 is 0. The fourth-order valence-corrected chi connectivity index (χ4v) is 3.25. The molecule has 1 atom stereocenters. The van der Waals surface area contributed by atoms with Gasteiger partial charge in [-0.05, 0) is 55.4 Å². The van der Waals surface area contributed by atoms with E-state index in [2.05, 4.69) is 22.8 Å². The maximum Gasteiger partial charge on any atom is 0.313 e. The van der Waals surface area contributed by atoms with Gasteiger partial charge in [-0.25, -0.2) is 0 Å². The van der Waals surface area contributed by atoms with Crippen LogP contribution in [0, 0.1) is 10.1 Å². The Morgan fingerprint density at radius 1 is 1.04 bits per heavy atom. The Bertz CT molecular complexity index is 895. The monoisotopic (exact) mass is 367 g/mol. The first-order chi connectivity index (χ1) is 12.9. The Morgan fingerprint density at radius 2 is 1.78 bits per heavy atom. The molecule has 140 valence electrons. The van der Waals surface area contributed by atoms with Crippen molar-refractivity contribution < 1.29 is 14.5 Å². The third-order valence-electron chi connectivity index (χ3n) is 4.74. The van der Waals surface area contributed by atoms with E-state index in [-0.39, 0.29) is 17.4 Å². The maximum absolute atomic E-state index is 12.2. The number of nitrogens with zero attached hydrogens (tertiary/aromatic N) is 1. The Hall–Kier alpha value is -3.22. The second-order valence-corrected chi connectivity index (χ2v) is 6.69. The molecule has 0 aromatic heterocycles. The number of nitrogens with one attached hydrogen (secondary N) is 2. The predicted molar refractivity (Wildman–Crippen MR) is 101 cm³/mol. The zero-order valence-corrected chi connectivity index (χ0v) is 15.0. The lowest BCUT2D eigenvalue weighted by Crippen LogP contribution is -2.37. The summed E-state index contributed by atoms with van der Waals surface area (Å²) in [6.45, 7) is 1.82. The van der Waals surface area contributed by atoms with Crippen LogP contribution in [0.25, 0.3) is 0 Å². The molecule has 0 bridgehead atoms. The third-order valence-corrected chi connectivity index (χ3v) is 4.74. The molecular formula is C20H21N3O4. The minimum atomic E-state index is -0.861. The molecule has 0 heterocycles. The van der Waals surface area contributed by atoms with Gasteiger partial charge < -0.3 is 10.6 Å². The first-order valence-electron chi connectivity index (χ1n) is 8.92. The van der Waals surface area contributed by atoms with E-state index in [9.17, 15) is 19.7 Å². The number of nitro benzene ring substituents is 1. The van der Waals surface area contributed by atoms with Crippen LogP contribution in [0.3, 0.4) is 0 Å². The number of hydrogen-bond donors (Lipinski definition) is 2. The number of amides is 2. The van der Waals surface area contributed by atoms with Crippen molar-refractivity contribution in [3.8, 4) is 0 Å². The molecule has 0 saturated heterocycles. The lowest BCUT2D eigenvalue weighted by Gasteiger charge is -2.20. The molecule has 2 amide bonds. The van der Waals surface area contributed by atoms with Gasteiger partial charge in [0.15, 0.2) is 0 Å². The molecule has 0 spiro atoms. The fraction of sp³-hybridized carbons (Fsp3) is 0.300. The third kappa shape index (κ3) is 4.49. The average Bonchev–Trinajstić information content (AvgIpc) is 2.67. The number of benzene rings is 2. The largest absolute Gasteiger partial charge is 0.341 e. The number of non-ortho nitro benzene ring substituents is 1. The van der Waals surface area contributed by atoms with Gasteiger partial charge in [-0.3, -0.25) is 19.7 Å². The maximum atomic E-state index is 12.2. The second kappa shape index (κ2) is 7.99. The van der Waals surface area contributed by atoms with Gasteiger partial charge in [0.1, 0.15) is 0 Å². The van der Waals surface area contributed by atoms with E-state index in [4.69, 9.17) is 0 Å². The van der Waals surface area contributed by atoms with Crippen LogP contribution in [0.15, 0.2) is 42.5 Å². The summed E-state index contributed by atoms with van der Waals surface area (Å²) in [6, 6.07) is 11.3. The molecular weight excluding hydrogens is 346 g/mol. The number of rotatable bonds is 4. The van der Waals surface area contributed by atoms with Crippen molar-refractivity contribution in [2.45, 2.75) is 38.6 Å². The predicted octanol–water partition coefficient (Wildman–Crippen LogP) is 3.29. The summed E-state index contributed by atoms with van der Waals surface area (Å²) in [5.41, 5.74) is 3.65. The number of aryl methyl sites for hydroxylation is 2. The van der Waals surface area contributed by atoms with Gasteiger partial charge in [-0.15, -0.1) is 0 Å². The molecule has 0 radical (unpaired) electrons. The molecule has 3 rings (SSSR count). The van der Waals surface area contributed by atoms with Crippen molar-refractivity contribution in [2.24, 2.45) is 0 Å². The standard InChI is InChI=1S/C20H21N3O4/c1-13(15-10-9-14-5-2-3-6-16(14)11-15)21-19(24)20(25)22-17-7-4-8-18(12-17)23(26)27/h4,7-13H,2-3,5-6H2,1H3,(H,21,24)(H,22,25). The molecule has 0 fully saturated rings. The van der Waals surface area contributed by atoms with E-state index < -0.39 is 16.7 Å². The van der Waals surface area contributed by atoms with Gasteiger partial charge in [0.05, 0.1) is 11.0 Å². The van der Waals surface area contributed by atoms with Crippen LogP contribution in [-0.4, -0.2) is 16.7 Å². The number of nitro groups is 1. The highest BCUT2D eigenvalue weighted by molar-refractivity contribution is 6.39. The van der Waals surface area contributed by atoms with Crippen molar-refractivity contribution in [3.05, 3.63) is 69.3 Å². The van der Waals surface area contributed by atoms with Crippen LogP contribution in [0.5, 0.6) is 0 Å². The number of hydrogen-bond acceptors (Lipinski definition) is 4. The first kappa shape index (κ1) is 18.6. The summed E-state index contributed by atoms with van der Waals surface area (Å²) in [5, 5.41) is 15.9. The van der Waals surface area contributed by atoms with Gasteiger partial charge >= 0.3 is 11.8 Å². The van der Waals surface area contributed by atoms with Gasteiger partial charge in [0.25, 0.3) is 5.69 Å². The molecule has 1 aliphatic rings. The summed E-state index contributed by atoms with van der Waals surface area (Å²) in [5.74, 6) is -1.65. The van der Waals surface area contributed by atoms with Crippen molar-refractivity contribution in [1.82, 2.24) is 5.32 Å². The summed E-state index contributed by atoms with van der Waals surface area (Å²) < 4.78 is 0. The number of carbonyl (C=O) groups is 2. The first-order valence-corrected chi connectivity index (χ1v) is 8.92. The van der Waals surface area contributed by atoms with E-state index >= 15 is 0 Å². The Kier molecular flexibility index (Phi) is 5.49. The topological polar surface area (TPSA) is 101 Å². The molecule has 1 unspecified atom stereocenters. The Balaban J connectivity index is 1.63. The minimum absolute atomic E-state index is 0.157. The van der Waals surface area contributed by atoms with Crippen LogP contribution in [0.4, 0.5) is 11.4 Å². The molecule has 0 aliphatic heterocycles. The molecule has 0 saturated carbocycles. The van der Waals surface area contributed by atoms with Gasteiger partial charge in [0, 0.05) is 17.8 Å². The lowest BCUT2D eigenvalue weighted by molar-refractivity contribution is -0.384. The van der Waals surface area contributed by atoms with Gasteiger partial charge in [-0.1, -0.05) is 24.3 Å². The van der Waals surface area contributed by atoms with Crippen molar-refractivity contribution in [3.63, 3.8) is 0 Å². The molecule has 2 aromatic rings. The van der Waals surface area contributed by atoms with Crippen molar-refractivity contribution in [2.75, 3.05) is 5.32 Å². The quantitative estimate of drug-likeness (QED) is 0.492. The van der Waals surface area contributed by atoms with Crippen LogP contribution in [0.2, 0.25) is 0 Å². The number of fused-ring (bicyclic) bond motifs is 1. The van der Waals surface area contributed by atoms with Crippen LogP contribution in [-0.2, 0) is 22.4 Å². The van der Waals surface area contributed by atoms with E-state index in [1.807, 2.05) is 13.0 Å². The highest BCUT2D eigenvalue weighted by Crippen LogP contribution is 2.24. The van der Waals surface area contributed by atoms with E-state index in [1.165, 1.54) is 48.2 Å². The molecule has 7 heteroatoms. The smallest absolute Gasteiger partial charge is 0.313 e. The Morgan fingerprint density at radius 3 is 2.52 bits per heavy atom. The summed E-state index contributed by atoms with van der Waals surface area (Å²) in [4.78, 5) is 34.5. The van der Waals surface area contributed by atoms with E-state index in [0.717, 1.165) is 18.4 Å². The number of carbonyl (C=O) groups excluding carboxylic acids is 2. The Labute approximate surface area is 156 Å². The van der Waals surface area contributed by atoms with E-state index in [0.29, 0.717) is 0 Å². The average molecular weight is 367 g/mol. The molecule has 1 aliphatic carbocycles. The SMILES string of the molecule is CC(NC(=O)C(=O)Nc1cccc([N+](=O)[O-])c1)c1ccc2c(c1)CCCC2. The van der Waals surface area contributed by atoms with Crippen molar-refractivity contribution in [1.29, 1.82) is 0 Å². The van der Waals surface area contributed by atoms with Crippen LogP contribution >= 0.6 is 0 Å². The summed E-state index contributed by atoms with van der Waals surface area (Å²) in [7, 11) is 0. The zero-order chi connectivity index (χ0) is 19.4. The molecule has 7 nitrogen and oxygen atoms in total. The van der Waals surface area contributed by atoms with Gasteiger partial charge in [-0.2, -0.15) is 0 Å². The molecule has 27 heavy (non-hydrogen) atoms. The fourth-order valence-electron chi connectivity index (χ4n) is 3.25. The van der Waals surface area contributed by atoms with E-state index in [1.54, 1.807) is 0 Å². The van der Waals surface area contributed by atoms with Crippen molar-refractivity contribution >= 4 is 23.2 Å². The highest BCUT2D eigenvalue weighted by atomic mass is 16.6. The van der Waals surface area contributed by atoms with Gasteiger partial charge in [0.2, 0.25) is 0 Å². The van der Waals surface area contributed by atoms with Crippen LogP contribution in [0.1, 0.15) is 42.5 Å². The lowest BCUT2D eigenvalue weighted by atomic mass is 9.89.